The SMILES string of the molecule is CC(CCCCCn1ccnc1)C(C)C(=O)O.Cl. The standard InChI is InChI=1S/C13H22N2O2.ClH/c1-11(12(2)13(16)17)6-4-3-5-8-15-9-7-14-10-15;/h7,9-12H,3-6,8H2,1-2H3,(H,16,17);1H. The minimum atomic E-state index is -0.684. The first-order chi connectivity index (χ1) is 8.11. The Morgan fingerprint density at radius 1 is 1.33 bits per heavy atom. The lowest BCUT2D eigenvalue weighted by molar-refractivity contribution is -0.142. The molecule has 0 aliphatic heterocycles. The second-order valence-corrected chi connectivity index (χ2v) is 4.75. The monoisotopic (exact) mass is 274 g/mol. The average molecular weight is 275 g/mol. The van der Waals surface area contributed by atoms with Crippen LogP contribution in [0.5, 0.6) is 0 Å². The highest BCUT2D eigenvalue weighted by Gasteiger charge is 2.18. The molecule has 1 rings (SSSR count). The largest absolute Gasteiger partial charge is 0.481 e. The van der Waals surface area contributed by atoms with Gasteiger partial charge in [-0.25, -0.2) is 4.98 Å². The molecule has 2 unspecified atom stereocenters. The summed E-state index contributed by atoms with van der Waals surface area (Å²) in [7, 11) is 0. The number of rotatable bonds is 8. The number of aromatic nitrogens is 2. The molecule has 0 aliphatic carbocycles. The molecular formula is C13H23ClN2O2. The second-order valence-electron chi connectivity index (χ2n) is 4.75. The van der Waals surface area contributed by atoms with Crippen LogP contribution in [0.15, 0.2) is 18.7 Å². The van der Waals surface area contributed by atoms with Crippen LogP contribution in [0, 0.1) is 11.8 Å². The molecule has 0 spiro atoms. The van der Waals surface area contributed by atoms with Gasteiger partial charge in [0.05, 0.1) is 12.2 Å². The van der Waals surface area contributed by atoms with E-state index in [0.717, 1.165) is 32.2 Å². The van der Waals surface area contributed by atoms with E-state index in [9.17, 15) is 4.79 Å². The summed E-state index contributed by atoms with van der Waals surface area (Å²) < 4.78 is 2.07. The summed E-state index contributed by atoms with van der Waals surface area (Å²) in [6, 6.07) is 0. The molecule has 0 aromatic carbocycles. The van der Waals surface area contributed by atoms with Crippen molar-refractivity contribution in [1.82, 2.24) is 9.55 Å². The van der Waals surface area contributed by atoms with Gasteiger partial charge < -0.3 is 9.67 Å². The van der Waals surface area contributed by atoms with Gasteiger partial charge in [-0.1, -0.05) is 26.7 Å². The lowest BCUT2D eigenvalue weighted by Crippen LogP contribution is -2.18. The molecule has 4 nitrogen and oxygen atoms in total. The molecule has 0 saturated heterocycles. The van der Waals surface area contributed by atoms with E-state index in [1.807, 2.05) is 19.4 Å². The fraction of sp³-hybridized carbons (Fsp3) is 0.692. The Labute approximate surface area is 115 Å². The molecule has 0 bridgehead atoms. The van der Waals surface area contributed by atoms with E-state index < -0.39 is 5.97 Å². The van der Waals surface area contributed by atoms with Crippen molar-refractivity contribution in [2.24, 2.45) is 11.8 Å². The fourth-order valence-corrected chi connectivity index (χ4v) is 1.85. The molecule has 0 aliphatic rings. The fourth-order valence-electron chi connectivity index (χ4n) is 1.85. The van der Waals surface area contributed by atoms with Gasteiger partial charge in [0, 0.05) is 18.9 Å². The number of carboxylic acids is 1. The average Bonchev–Trinajstić information content (AvgIpc) is 2.80. The molecule has 1 N–H and O–H groups in total. The molecule has 1 heterocycles. The third-order valence-electron chi connectivity index (χ3n) is 3.38. The first-order valence-electron chi connectivity index (χ1n) is 6.30. The Kier molecular flexibility index (Phi) is 8.46. The Bertz CT molecular complexity index is 328. The first-order valence-corrected chi connectivity index (χ1v) is 6.30. The van der Waals surface area contributed by atoms with E-state index in [2.05, 4.69) is 9.55 Å². The highest BCUT2D eigenvalue weighted by molar-refractivity contribution is 5.85. The van der Waals surface area contributed by atoms with E-state index in [4.69, 9.17) is 5.11 Å². The number of carbonyl (C=O) groups is 1. The molecule has 0 radical (unpaired) electrons. The van der Waals surface area contributed by atoms with Crippen molar-refractivity contribution >= 4 is 18.4 Å². The highest BCUT2D eigenvalue weighted by atomic mass is 35.5. The zero-order chi connectivity index (χ0) is 12.7. The van der Waals surface area contributed by atoms with Gasteiger partial charge in [0.25, 0.3) is 0 Å². The molecule has 2 atom stereocenters. The molecule has 1 aromatic rings. The smallest absolute Gasteiger partial charge is 0.306 e. The van der Waals surface area contributed by atoms with E-state index in [-0.39, 0.29) is 24.2 Å². The van der Waals surface area contributed by atoms with Crippen molar-refractivity contribution in [2.75, 3.05) is 0 Å². The van der Waals surface area contributed by atoms with Gasteiger partial charge in [0.15, 0.2) is 0 Å². The van der Waals surface area contributed by atoms with Crippen molar-refractivity contribution < 1.29 is 9.90 Å². The van der Waals surface area contributed by atoms with Gasteiger partial charge in [-0.15, -0.1) is 12.4 Å². The number of hydrogen-bond acceptors (Lipinski definition) is 2. The second kappa shape index (κ2) is 8.97. The molecule has 104 valence electrons. The van der Waals surface area contributed by atoms with Crippen LogP contribution in [0.25, 0.3) is 0 Å². The summed E-state index contributed by atoms with van der Waals surface area (Å²) in [5, 5.41) is 8.87. The van der Waals surface area contributed by atoms with E-state index in [1.54, 1.807) is 13.1 Å². The van der Waals surface area contributed by atoms with Crippen LogP contribution < -0.4 is 0 Å². The minimum absolute atomic E-state index is 0. The number of nitrogens with zero attached hydrogens (tertiary/aromatic N) is 2. The number of unbranched alkanes of at least 4 members (excludes halogenated alkanes) is 2. The lowest BCUT2D eigenvalue weighted by atomic mass is 9.91. The summed E-state index contributed by atoms with van der Waals surface area (Å²) in [4.78, 5) is 14.8. The maximum atomic E-state index is 10.8. The normalized spacial score (nSPS) is 13.7. The van der Waals surface area contributed by atoms with E-state index in [0.29, 0.717) is 0 Å². The molecule has 5 heteroatoms. The zero-order valence-electron chi connectivity index (χ0n) is 11.1. The molecule has 0 fully saturated rings. The number of carboxylic acid groups (broad SMARTS) is 1. The Morgan fingerprint density at radius 3 is 2.61 bits per heavy atom. The number of imidazole rings is 1. The van der Waals surface area contributed by atoms with Crippen molar-refractivity contribution in [1.29, 1.82) is 0 Å². The molecule has 0 saturated carbocycles. The lowest BCUT2D eigenvalue weighted by Gasteiger charge is -2.15. The maximum absolute atomic E-state index is 10.8. The number of aryl methyl sites for hydroxylation is 1. The summed E-state index contributed by atoms with van der Waals surface area (Å²) in [5.74, 6) is -0.652. The Morgan fingerprint density at radius 2 is 2.06 bits per heavy atom. The predicted octanol–water partition coefficient (Wildman–Crippen LogP) is 3.22. The Hall–Kier alpha value is -1.03. The van der Waals surface area contributed by atoms with Crippen molar-refractivity contribution in [3.05, 3.63) is 18.7 Å². The Balaban J connectivity index is 0.00000289. The highest BCUT2D eigenvalue weighted by Crippen LogP contribution is 2.18. The van der Waals surface area contributed by atoms with E-state index in [1.165, 1.54) is 0 Å². The quantitative estimate of drug-likeness (QED) is 0.741. The van der Waals surface area contributed by atoms with Crippen molar-refractivity contribution in [3.63, 3.8) is 0 Å². The predicted molar refractivity (Wildman–Crippen MR) is 73.9 cm³/mol. The third kappa shape index (κ3) is 6.05. The van der Waals surface area contributed by atoms with Crippen LogP contribution in [0.3, 0.4) is 0 Å². The molecule has 1 aromatic heterocycles. The van der Waals surface area contributed by atoms with Crippen LogP contribution >= 0.6 is 12.4 Å². The molecule has 18 heavy (non-hydrogen) atoms. The molecule has 0 amide bonds. The first kappa shape index (κ1) is 17.0. The number of halogens is 1. The molecular weight excluding hydrogens is 252 g/mol. The summed E-state index contributed by atoms with van der Waals surface area (Å²) in [5.41, 5.74) is 0. The van der Waals surface area contributed by atoms with Gasteiger partial charge >= 0.3 is 5.97 Å². The summed E-state index contributed by atoms with van der Waals surface area (Å²) in [6.45, 7) is 4.82. The van der Waals surface area contributed by atoms with E-state index >= 15 is 0 Å². The van der Waals surface area contributed by atoms with Gasteiger partial charge in [-0.2, -0.15) is 0 Å². The van der Waals surface area contributed by atoms with Crippen LogP contribution in [0.2, 0.25) is 0 Å². The maximum Gasteiger partial charge on any atom is 0.306 e. The number of aliphatic carboxylic acids is 1. The minimum Gasteiger partial charge on any atom is -0.481 e. The summed E-state index contributed by atoms with van der Waals surface area (Å²) >= 11 is 0. The van der Waals surface area contributed by atoms with Gasteiger partial charge in [-0.05, 0) is 18.8 Å². The zero-order valence-corrected chi connectivity index (χ0v) is 11.9. The third-order valence-corrected chi connectivity index (χ3v) is 3.38. The number of hydrogen-bond donors (Lipinski definition) is 1. The van der Waals surface area contributed by atoms with Crippen LogP contribution in [0.1, 0.15) is 39.5 Å². The van der Waals surface area contributed by atoms with Crippen molar-refractivity contribution in [2.45, 2.75) is 46.1 Å². The van der Waals surface area contributed by atoms with Crippen LogP contribution in [-0.4, -0.2) is 20.6 Å². The van der Waals surface area contributed by atoms with Crippen LogP contribution in [-0.2, 0) is 11.3 Å². The van der Waals surface area contributed by atoms with Gasteiger partial charge in [-0.3, -0.25) is 4.79 Å². The summed E-state index contributed by atoms with van der Waals surface area (Å²) in [6.07, 6.45) is 9.96. The van der Waals surface area contributed by atoms with Crippen LogP contribution in [0.4, 0.5) is 0 Å². The van der Waals surface area contributed by atoms with Gasteiger partial charge in [0.1, 0.15) is 0 Å². The topological polar surface area (TPSA) is 55.1 Å². The van der Waals surface area contributed by atoms with Gasteiger partial charge in [0.2, 0.25) is 0 Å². The van der Waals surface area contributed by atoms with Crippen molar-refractivity contribution in [3.8, 4) is 0 Å².